The highest BCUT2D eigenvalue weighted by atomic mass is 32.2. The Hall–Kier alpha value is -3.79. The molecule has 0 heterocycles. The minimum atomic E-state index is -0.707. The highest BCUT2D eigenvalue weighted by Gasteiger charge is 2.20. The quantitative estimate of drug-likeness (QED) is 0.419. The summed E-state index contributed by atoms with van der Waals surface area (Å²) < 4.78 is 14.0. The first-order valence-electron chi connectivity index (χ1n) is 8.53. The minimum absolute atomic E-state index is 0.0524. The fourth-order valence-electron chi connectivity index (χ4n) is 2.59. The molecule has 0 bridgehead atoms. The number of nitrogens with zero attached hydrogens (tertiary/aromatic N) is 2. The number of anilines is 1. The lowest BCUT2D eigenvalue weighted by Gasteiger charge is -2.12. The van der Waals surface area contributed by atoms with Crippen LogP contribution in [0.1, 0.15) is 15.9 Å². The smallest absolute Gasteiger partial charge is 0.271 e. The number of rotatable bonds is 6. The number of aryl methyl sites for hydroxylation is 1. The summed E-state index contributed by atoms with van der Waals surface area (Å²) in [5.74, 6) is -1.21. The van der Waals surface area contributed by atoms with E-state index in [9.17, 15) is 29.4 Å². The van der Waals surface area contributed by atoms with Crippen molar-refractivity contribution < 1.29 is 19.0 Å². The second-order valence-electron chi connectivity index (χ2n) is 6.18. The summed E-state index contributed by atoms with van der Waals surface area (Å²) in [6, 6.07) is 13.6. The van der Waals surface area contributed by atoms with Gasteiger partial charge in [-0.2, -0.15) is 0 Å². The van der Waals surface area contributed by atoms with Crippen LogP contribution < -0.4 is 5.32 Å². The number of hydrogen-bond donors (Lipinski definition) is 1. The maximum atomic E-state index is 14.0. The average Bonchev–Trinajstić information content (AvgIpc) is 2.71. The number of hydrogen-bond acceptors (Lipinski definition) is 6. The summed E-state index contributed by atoms with van der Waals surface area (Å²) in [7, 11) is 0. The molecule has 3 aromatic rings. The third-order valence-electron chi connectivity index (χ3n) is 4.16. The van der Waals surface area contributed by atoms with Gasteiger partial charge in [-0.05, 0) is 30.7 Å². The van der Waals surface area contributed by atoms with Crippen LogP contribution >= 0.6 is 11.8 Å². The van der Waals surface area contributed by atoms with Crippen LogP contribution in [0.5, 0.6) is 0 Å². The maximum Gasteiger partial charge on any atom is 0.271 e. The van der Waals surface area contributed by atoms with Crippen molar-refractivity contribution >= 4 is 34.7 Å². The highest BCUT2D eigenvalue weighted by Crippen LogP contribution is 2.34. The summed E-state index contributed by atoms with van der Waals surface area (Å²) in [4.78, 5) is 34.4. The molecule has 0 radical (unpaired) electrons. The number of nitro groups is 2. The van der Waals surface area contributed by atoms with Crippen molar-refractivity contribution in [1.29, 1.82) is 0 Å². The molecule has 30 heavy (non-hydrogen) atoms. The third kappa shape index (κ3) is 4.61. The SMILES string of the molecule is Cc1ccc([N+](=O)[O-])cc1NC(=O)c1cc([N+](=O)[O-])ccc1Sc1ccccc1F. The monoisotopic (exact) mass is 427 g/mol. The van der Waals surface area contributed by atoms with Gasteiger partial charge in [-0.3, -0.25) is 25.0 Å². The van der Waals surface area contributed by atoms with Crippen LogP contribution in [0.2, 0.25) is 0 Å². The zero-order valence-electron chi connectivity index (χ0n) is 15.5. The van der Waals surface area contributed by atoms with Crippen molar-refractivity contribution in [3.63, 3.8) is 0 Å². The lowest BCUT2D eigenvalue weighted by Crippen LogP contribution is -2.14. The van der Waals surface area contributed by atoms with E-state index in [1.807, 2.05) is 0 Å². The topological polar surface area (TPSA) is 115 Å². The molecule has 0 unspecified atom stereocenters. The summed E-state index contributed by atoms with van der Waals surface area (Å²) in [6.07, 6.45) is 0. The molecule has 0 aliphatic rings. The van der Waals surface area contributed by atoms with E-state index in [1.165, 1.54) is 48.5 Å². The number of carbonyl (C=O) groups is 1. The van der Waals surface area contributed by atoms with Gasteiger partial charge in [0.1, 0.15) is 5.82 Å². The van der Waals surface area contributed by atoms with Gasteiger partial charge in [-0.1, -0.05) is 30.0 Å². The Morgan fingerprint density at radius 3 is 2.23 bits per heavy atom. The molecule has 8 nitrogen and oxygen atoms in total. The van der Waals surface area contributed by atoms with E-state index < -0.39 is 21.6 Å². The Balaban J connectivity index is 2.00. The Morgan fingerprint density at radius 2 is 1.57 bits per heavy atom. The van der Waals surface area contributed by atoms with Gasteiger partial charge in [0.25, 0.3) is 17.3 Å². The fourth-order valence-corrected chi connectivity index (χ4v) is 3.54. The van der Waals surface area contributed by atoms with Crippen LogP contribution in [0.3, 0.4) is 0 Å². The van der Waals surface area contributed by atoms with E-state index in [-0.39, 0.29) is 27.5 Å². The van der Waals surface area contributed by atoms with Crippen LogP contribution in [-0.2, 0) is 0 Å². The first kappa shape index (κ1) is 20.9. The van der Waals surface area contributed by atoms with Crippen molar-refractivity contribution in [3.8, 4) is 0 Å². The second-order valence-corrected chi connectivity index (χ2v) is 7.26. The molecule has 0 atom stereocenters. The number of benzene rings is 3. The van der Waals surface area contributed by atoms with Gasteiger partial charge >= 0.3 is 0 Å². The van der Waals surface area contributed by atoms with E-state index in [1.54, 1.807) is 13.0 Å². The molecule has 10 heteroatoms. The van der Waals surface area contributed by atoms with Gasteiger partial charge in [0.2, 0.25) is 0 Å². The van der Waals surface area contributed by atoms with E-state index >= 15 is 0 Å². The van der Waals surface area contributed by atoms with E-state index in [2.05, 4.69) is 5.32 Å². The molecule has 0 aromatic heterocycles. The molecule has 0 saturated heterocycles. The van der Waals surface area contributed by atoms with Crippen LogP contribution in [0.4, 0.5) is 21.5 Å². The van der Waals surface area contributed by atoms with Crippen molar-refractivity contribution in [2.75, 3.05) is 5.32 Å². The molecular formula is C20H14FN3O5S. The molecule has 1 amide bonds. The first-order chi connectivity index (χ1) is 14.3. The molecule has 0 aliphatic heterocycles. The molecule has 152 valence electrons. The number of nitro benzene ring substituents is 2. The van der Waals surface area contributed by atoms with Crippen molar-refractivity contribution in [3.05, 3.63) is 97.8 Å². The molecule has 0 spiro atoms. The van der Waals surface area contributed by atoms with Crippen molar-refractivity contribution in [2.45, 2.75) is 16.7 Å². The van der Waals surface area contributed by atoms with Crippen LogP contribution in [-0.4, -0.2) is 15.8 Å². The van der Waals surface area contributed by atoms with Gasteiger partial charge in [0.15, 0.2) is 0 Å². The van der Waals surface area contributed by atoms with Gasteiger partial charge in [-0.25, -0.2) is 4.39 Å². The van der Waals surface area contributed by atoms with Crippen LogP contribution in [0.25, 0.3) is 0 Å². The molecular weight excluding hydrogens is 413 g/mol. The number of nitrogens with one attached hydrogen (secondary N) is 1. The molecule has 3 aromatic carbocycles. The number of non-ortho nitro benzene ring substituents is 2. The largest absolute Gasteiger partial charge is 0.321 e. The lowest BCUT2D eigenvalue weighted by atomic mass is 10.1. The van der Waals surface area contributed by atoms with Crippen LogP contribution in [0, 0.1) is 33.0 Å². The predicted molar refractivity (Wildman–Crippen MR) is 109 cm³/mol. The van der Waals surface area contributed by atoms with Crippen molar-refractivity contribution in [2.24, 2.45) is 0 Å². The third-order valence-corrected chi connectivity index (χ3v) is 5.28. The summed E-state index contributed by atoms with van der Waals surface area (Å²) >= 11 is 0.946. The summed E-state index contributed by atoms with van der Waals surface area (Å²) in [5.41, 5.74) is 0.193. The fraction of sp³-hybridized carbons (Fsp3) is 0.0500. The predicted octanol–water partition coefficient (Wildman–Crippen LogP) is 5.35. The summed E-state index contributed by atoms with van der Waals surface area (Å²) in [6.45, 7) is 1.65. The standard InChI is InChI=1S/C20H14FN3O5S/c1-12-6-7-14(24(28)29)11-17(12)22-20(25)15-10-13(23(26)27)8-9-18(15)30-19-5-3-2-4-16(19)21/h2-11H,1H3,(H,22,25). The summed E-state index contributed by atoms with van der Waals surface area (Å²) in [5, 5.41) is 24.7. The van der Waals surface area contributed by atoms with Crippen LogP contribution in [0.15, 0.2) is 70.5 Å². The maximum absolute atomic E-state index is 14.0. The molecule has 0 fully saturated rings. The lowest BCUT2D eigenvalue weighted by molar-refractivity contribution is -0.385. The molecule has 0 aliphatic carbocycles. The number of halogens is 1. The van der Waals surface area contributed by atoms with Gasteiger partial charge < -0.3 is 5.32 Å². The van der Waals surface area contributed by atoms with Gasteiger partial charge in [0.05, 0.1) is 21.1 Å². The molecule has 0 saturated carbocycles. The zero-order chi connectivity index (χ0) is 21.8. The Labute approximate surface area is 174 Å². The first-order valence-corrected chi connectivity index (χ1v) is 9.35. The van der Waals surface area contributed by atoms with E-state index in [0.29, 0.717) is 10.5 Å². The Bertz CT molecular complexity index is 1170. The van der Waals surface area contributed by atoms with Gasteiger partial charge in [0, 0.05) is 34.1 Å². The normalized spacial score (nSPS) is 10.5. The molecule has 3 rings (SSSR count). The minimum Gasteiger partial charge on any atom is -0.321 e. The zero-order valence-corrected chi connectivity index (χ0v) is 16.3. The van der Waals surface area contributed by atoms with Gasteiger partial charge in [-0.15, -0.1) is 0 Å². The second kappa shape index (κ2) is 8.70. The average molecular weight is 427 g/mol. The number of amides is 1. The highest BCUT2D eigenvalue weighted by molar-refractivity contribution is 7.99. The van der Waals surface area contributed by atoms with E-state index in [0.717, 1.165) is 17.8 Å². The molecule has 1 N–H and O–H groups in total. The van der Waals surface area contributed by atoms with Crippen molar-refractivity contribution in [1.82, 2.24) is 0 Å². The van der Waals surface area contributed by atoms with E-state index in [4.69, 9.17) is 0 Å². The Morgan fingerprint density at radius 1 is 0.933 bits per heavy atom. The Kier molecular flexibility index (Phi) is 6.07. The number of carbonyl (C=O) groups excluding carboxylic acids is 1.